The quantitative estimate of drug-likeness (QED) is 0.721. The number of nitrogens with zero attached hydrogens (tertiary/aromatic N) is 1. The Morgan fingerprint density at radius 2 is 1.86 bits per heavy atom. The Hall–Kier alpha value is -3.14. The van der Waals surface area contributed by atoms with E-state index in [1.807, 2.05) is 60.4 Å². The topological polar surface area (TPSA) is 49.4 Å². The van der Waals surface area contributed by atoms with Gasteiger partial charge in [0.05, 0.1) is 6.42 Å². The van der Waals surface area contributed by atoms with Gasteiger partial charge in [-0.1, -0.05) is 55.5 Å². The zero-order valence-electron chi connectivity index (χ0n) is 16.1. The Kier molecular flexibility index (Phi) is 5.11. The van der Waals surface area contributed by atoms with Gasteiger partial charge in [-0.15, -0.1) is 0 Å². The lowest BCUT2D eigenvalue weighted by Crippen LogP contribution is -2.35. The molecule has 3 aromatic rings. The summed E-state index contributed by atoms with van der Waals surface area (Å²) < 4.78 is 0. The second-order valence-corrected chi connectivity index (χ2v) is 7.21. The number of benzene rings is 3. The summed E-state index contributed by atoms with van der Waals surface area (Å²) >= 11 is 0. The van der Waals surface area contributed by atoms with Crippen molar-refractivity contribution in [2.24, 2.45) is 0 Å². The van der Waals surface area contributed by atoms with Crippen LogP contribution >= 0.6 is 0 Å². The van der Waals surface area contributed by atoms with Crippen LogP contribution in [0.4, 0.5) is 11.4 Å². The van der Waals surface area contributed by atoms with Crippen molar-refractivity contribution < 1.29 is 9.59 Å². The highest BCUT2D eigenvalue weighted by atomic mass is 16.2. The summed E-state index contributed by atoms with van der Waals surface area (Å²) in [7, 11) is 0. The van der Waals surface area contributed by atoms with Gasteiger partial charge in [-0.25, -0.2) is 0 Å². The van der Waals surface area contributed by atoms with Gasteiger partial charge < -0.3 is 10.2 Å². The normalized spacial score (nSPS) is 13.2. The molecular formula is C24H24N2O2. The van der Waals surface area contributed by atoms with Crippen LogP contribution in [0.3, 0.4) is 0 Å². The van der Waals surface area contributed by atoms with Crippen LogP contribution in [-0.4, -0.2) is 18.4 Å². The first-order valence-electron chi connectivity index (χ1n) is 9.85. The van der Waals surface area contributed by atoms with E-state index in [1.54, 1.807) is 0 Å². The first-order valence-corrected chi connectivity index (χ1v) is 9.85. The summed E-state index contributed by atoms with van der Waals surface area (Å²) in [5, 5.41) is 5.24. The first kappa shape index (κ1) is 18.2. The zero-order chi connectivity index (χ0) is 19.5. The van der Waals surface area contributed by atoms with E-state index in [1.165, 1.54) is 5.56 Å². The fourth-order valence-electron chi connectivity index (χ4n) is 3.93. The van der Waals surface area contributed by atoms with Crippen molar-refractivity contribution in [1.82, 2.24) is 0 Å². The molecule has 0 radical (unpaired) electrons. The Labute approximate surface area is 165 Å². The molecular weight excluding hydrogens is 348 g/mol. The van der Waals surface area contributed by atoms with Crippen LogP contribution in [0.5, 0.6) is 0 Å². The smallest absolute Gasteiger partial charge is 0.228 e. The Morgan fingerprint density at radius 3 is 2.71 bits per heavy atom. The Balaban J connectivity index is 1.54. The summed E-state index contributed by atoms with van der Waals surface area (Å²) in [6, 6.07) is 20.0. The second kappa shape index (κ2) is 7.85. The number of carbonyl (C=O) groups is 2. The van der Waals surface area contributed by atoms with Gasteiger partial charge in [0.15, 0.2) is 0 Å². The van der Waals surface area contributed by atoms with Gasteiger partial charge in [0, 0.05) is 24.3 Å². The molecule has 142 valence electrons. The van der Waals surface area contributed by atoms with E-state index < -0.39 is 0 Å². The van der Waals surface area contributed by atoms with Crippen molar-refractivity contribution in [3.8, 4) is 0 Å². The number of hydrogen-bond acceptors (Lipinski definition) is 2. The van der Waals surface area contributed by atoms with E-state index in [0.717, 1.165) is 47.1 Å². The molecule has 0 unspecified atom stereocenters. The molecule has 4 nitrogen and oxygen atoms in total. The highest BCUT2D eigenvalue weighted by Crippen LogP contribution is 2.30. The van der Waals surface area contributed by atoms with Gasteiger partial charge in [0.25, 0.3) is 0 Å². The summed E-state index contributed by atoms with van der Waals surface area (Å²) in [4.78, 5) is 26.8. The third-order valence-electron chi connectivity index (χ3n) is 5.32. The lowest BCUT2D eigenvalue weighted by Gasteiger charge is -2.29. The predicted octanol–water partition coefficient (Wildman–Crippen LogP) is 4.71. The highest BCUT2D eigenvalue weighted by molar-refractivity contribution is 5.98. The third-order valence-corrected chi connectivity index (χ3v) is 5.32. The van der Waals surface area contributed by atoms with Crippen LogP contribution in [0.25, 0.3) is 10.8 Å². The summed E-state index contributed by atoms with van der Waals surface area (Å²) in [6.07, 6.45) is 2.74. The van der Waals surface area contributed by atoms with Crippen molar-refractivity contribution in [3.63, 3.8) is 0 Å². The number of fused-ring (bicyclic) bond motifs is 2. The van der Waals surface area contributed by atoms with Gasteiger partial charge in [-0.2, -0.15) is 0 Å². The fraction of sp³-hybridized carbons (Fsp3) is 0.250. The fourth-order valence-corrected chi connectivity index (χ4v) is 3.93. The van der Waals surface area contributed by atoms with E-state index in [-0.39, 0.29) is 11.8 Å². The van der Waals surface area contributed by atoms with Crippen LogP contribution in [0.15, 0.2) is 60.7 Å². The SMILES string of the molecule is CCC(=O)N1CCCc2ccc(NC(=O)Cc3cccc4ccccc34)cc21. The maximum atomic E-state index is 12.7. The molecule has 0 bridgehead atoms. The van der Waals surface area contributed by atoms with Crippen LogP contribution in [-0.2, 0) is 22.4 Å². The molecule has 0 atom stereocenters. The van der Waals surface area contributed by atoms with Crippen LogP contribution in [0, 0.1) is 0 Å². The molecule has 1 aliphatic rings. The largest absolute Gasteiger partial charge is 0.326 e. The minimum Gasteiger partial charge on any atom is -0.326 e. The van der Waals surface area contributed by atoms with Crippen molar-refractivity contribution in [3.05, 3.63) is 71.8 Å². The van der Waals surface area contributed by atoms with Gasteiger partial charge >= 0.3 is 0 Å². The molecule has 1 heterocycles. The first-order chi connectivity index (χ1) is 13.7. The van der Waals surface area contributed by atoms with E-state index >= 15 is 0 Å². The standard InChI is InChI=1S/C24H24N2O2/c1-2-24(28)26-14-6-10-18-12-13-20(16-22(18)26)25-23(27)15-19-9-5-8-17-7-3-4-11-21(17)19/h3-5,7-9,11-13,16H,2,6,10,14-15H2,1H3,(H,25,27). The number of aryl methyl sites for hydroxylation is 1. The van der Waals surface area contributed by atoms with Crippen molar-refractivity contribution in [1.29, 1.82) is 0 Å². The van der Waals surface area contributed by atoms with Gasteiger partial charge in [-0.3, -0.25) is 9.59 Å². The minimum absolute atomic E-state index is 0.0551. The lowest BCUT2D eigenvalue weighted by atomic mass is 10.00. The van der Waals surface area contributed by atoms with Crippen LogP contribution in [0.1, 0.15) is 30.9 Å². The molecule has 1 N–H and O–H groups in total. The molecule has 1 aliphatic heterocycles. The Bertz CT molecular complexity index is 1040. The molecule has 0 spiro atoms. The molecule has 0 aromatic heterocycles. The minimum atomic E-state index is -0.0551. The monoisotopic (exact) mass is 372 g/mol. The van der Waals surface area contributed by atoms with E-state index in [2.05, 4.69) is 17.4 Å². The Morgan fingerprint density at radius 1 is 1.04 bits per heavy atom. The van der Waals surface area contributed by atoms with E-state index in [0.29, 0.717) is 12.8 Å². The van der Waals surface area contributed by atoms with E-state index in [4.69, 9.17) is 0 Å². The molecule has 4 heteroatoms. The molecule has 0 saturated heterocycles. The van der Waals surface area contributed by atoms with E-state index in [9.17, 15) is 9.59 Å². The maximum Gasteiger partial charge on any atom is 0.228 e. The van der Waals surface area contributed by atoms with Gasteiger partial charge in [0.2, 0.25) is 11.8 Å². The number of amides is 2. The highest BCUT2D eigenvalue weighted by Gasteiger charge is 2.22. The zero-order valence-corrected chi connectivity index (χ0v) is 16.1. The maximum absolute atomic E-state index is 12.7. The van der Waals surface area contributed by atoms with Crippen LogP contribution in [0.2, 0.25) is 0 Å². The summed E-state index contributed by atoms with van der Waals surface area (Å²) in [6.45, 7) is 2.62. The van der Waals surface area contributed by atoms with Crippen molar-refractivity contribution in [2.75, 3.05) is 16.8 Å². The number of rotatable bonds is 4. The molecule has 4 rings (SSSR count). The van der Waals surface area contributed by atoms with Gasteiger partial charge in [0.1, 0.15) is 0 Å². The summed E-state index contributed by atoms with van der Waals surface area (Å²) in [5.74, 6) is 0.0701. The third kappa shape index (κ3) is 3.63. The molecule has 3 aromatic carbocycles. The van der Waals surface area contributed by atoms with Gasteiger partial charge in [-0.05, 0) is 46.9 Å². The number of hydrogen-bond donors (Lipinski definition) is 1. The van der Waals surface area contributed by atoms with Crippen molar-refractivity contribution in [2.45, 2.75) is 32.6 Å². The average Bonchev–Trinajstić information content (AvgIpc) is 2.73. The molecule has 0 saturated carbocycles. The second-order valence-electron chi connectivity index (χ2n) is 7.21. The molecule has 0 fully saturated rings. The molecule has 0 aliphatic carbocycles. The molecule has 28 heavy (non-hydrogen) atoms. The molecule has 2 amide bonds. The van der Waals surface area contributed by atoms with Crippen molar-refractivity contribution >= 4 is 34.0 Å². The van der Waals surface area contributed by atoms with Crippen LogP contribution < -0.4 is 10.2 Å². The number of anilines is 2. The average molecular weight is 372 g/mol. The predicted molar refractivity (Wildman–Crippen MR) is 114 cm³/mol. The summed E-state index contributed by atoms with van der Waals surface area (Å²) in [5.41, 5.74) is 3.84. The number of carbonyl (C=O) groups excluding carboxylic acids is 2. The number of nitrogens with one attached hydrogen (secondary N) is 1. The lowest BCUT2D eigenvalue weighted by molar-refractivity contribution is -0.118.